The number of Topliss-reactive ketones (excluding diaryl/α,β-unsaturated/α-hetero) is 1. The fourth-order valence-corrected chi connectivity index (χ4v) is 4.65. The predicted octanol–water partition coefficient (Wildman–Crippen LogP) is 3.69. The fourth-order valence-electron chi connectivity index (χ4n) is 4.65. The Morgan fingerprint density at radius 3 is 1.84 bits per heavy atom. The molecule has 2 aliphatic heterocycles. The molecule has 2 fully saturated rings. The van der Waals surface area contributed by atoms with Gasteiger partial charge in [-0.15, -0.1) is 0 Å². The number of methoxy groups -OCH3 is 1. The van der Waals surface area contributed by atoms with Crippen LogP contribution in [0.5, 0.6) is 0 Å². The molecule has 0 saturated carbocycles. The number of ether oxygens (including phenoxy) is 10. The zero-order valence-electron chi connectivity index (χ0n) is 26.9. The van der Waals surface area contributed by atoms with Crippen molar-refractivity contribution >= 4 is 36.2 Å². The van der Waals surface area contributed by atoms with Crippen LogP contribution in [0, 0.1) is 0 Å². The molecule has 0 amide bonds. The molecule has 0 radical (unpaired) electrons. The predicted molar refractivity (Wildman–Crippen MR) is 147 cm³/mol. The minimum absolute atomic E-state index is 0.398. The van der Waals surface area contributed by atoms with Crippen molar-refractivity contribution in [3.05, 3.63) is 11.8 Å². The van der Waals surface area contributed by atoms with Crippen LogP contribution in [-0.4, -0.2) is 103 Å². The van der Waals surface area contributed by atoms with Crippen molar-refractivity contribution in [1.29, 1.82) is 0 Å². The molecule has 0 N–H and O–H groups in total. The number of carbonyl (C=O) groups is 6. The fraction of sp³-hybridized carbons (Fsp3) is 0.724. The van der Waals surface area contributed by atoms with E-state index in [4.69, 9.17) is 47.4 Å². The van der Waals surface area contributed by atoms with Crippen molar-refractivity contribution in [3.63, 3.8) is 0 Å². The van der Waals surface area contributed by atoms with Gasteiger partial charge >= 0.3 is 24.6 Å². The molecule has 0 bridgehead atoms. The SMILES string of the molecule is COC1=CC(=O)CC(=O)[C@@]12OC(=O)OC1C(OC(=O)OC(C)(C)C)[C@H](OC(=O)OC(C)(C)C)[C@H](COC(=O)OC(C)(C)C)O[C@H]12. The topological polar surface area (TPSA) is 195 Å². The van der Waals surface area contributed by atoms with Gasteiger partial charge in [-0.2, -0.15) is 0 Å². The van der Waals surface area contributed by atoms with Crippen LogP contribution in [0.1, 0.15) is 68.7 Å². The summed E-state index contributed by atoms with van der Waals surface area (Å²) >= 11 is 0. The molecule has 3 aliphatic rings. The van der Waals surface area contributed by atoms with Crippen LogP contribution in [-0.2, 0) is 57.0 Å². The third kappa shape index (κ3) is 8.77. The van der Waals surface area contributed by atoms with Gasteiger partial charge in [-0.25, -0.2) is 19.2 Å². The molecule has 2 unspecified atom stereocenters. The Labute approximate surface area is 259 Å². The van der Waals surface area contributed by atoms with E-state index >= 15 is 0 Å². The molecule has 2 saturated heterocycles. The van der Waals surface area contributed by atoms with E-state index in [9.17, 15) is 28.8 Å². The van der Waals surface area contributed by atoms with Crippen molar-refractivity contribution in [2.75, 3.05) is 13.7 Å². The van der Waals surface area contributed by atoms with Crippen LogP contribution < -0.4 is 0 Å². The van der Waals surface area contributed by atoms with Gasteiger partial charge in [0.15, 0.2) is 41.7 Å². The van der Waals surface area contributed by atoms with E-state index in [1.165, 1.54) is 0 Å². The first kappa shape index (κ1) is 35.4. The maximum Gasteiger partial charge on any atom is 0.510 e. The summed E-state index contributed by atoms with van der Waals surface area (Å²) in [7, 11) is 1.13. The molecule has 252 valence electrons. The van der Waals surface area contributed by atoms with E-state index in [-0.39, 0.29) is 0 Å². The lowest BCUT2D eigenvalue weighted by Crippen LogP contribution is -2.74. The lowest BCUT2D eigenvalue weighted by Gasteiger charge is -2.52. The molecule has 1 aliphatic carbocycles. The Balaban J connectivity index is 2.15. The van der Waals surface area contributed by atoms with E-state index in [1.54, 1.807) is 62.3 Å². The van der Waals surface area contributed by atoms with Gasteiger partial charge in [0.25, 0.3) is 5.60 Å². The molecule has 16 heteroatoms. The van der Waals surface area contributed by atoms with E-state index in [1.807, 2.05) is 0 Å². The summed E-state index contributed by atoms with van der Waals surface area (Å²) in [6.45, 7) is 13.5. The van der Waals surface area contributed by atoms with Gasteiger partial charge in [0.05, 0.1) is 13.5 Å². The maximum atomic E-state index is 13.5. The monoisotopic (exact) mass is 644 g/mol. The molecule has 2 heterocycles. The smallest absolute Gasteiger partial charge is 0.496 e. The largest absolute Gasteiger partial charge is 0.510 e. The maximum absolute atomic E-state index is 13.5. The molecule has 45 heavy (non-hydrogen) atoms. The lowest BCUT2D eigenvalue weighted by molar-refractivity contribution is -0.292. The molecule has 0 aromatic rings. The second-order valence-corrected chi connectivity index (χ2v) is 13.4. The number of ketones is 2. The summed E-state index contributed by atoms with van der Waals surface area (Å²) in [5.74, 6) is -1.98. The summed E-state index contributed by atoms with van der Waals surface area (Å²) in [6.07, 6.45) is -13.3. The molecule has 3 rings (SSSR count). The summed E-state index contributed by atoms with van der Waals surface area (Å²) in [6, 6.07) is 0. The minimum Gasteiger partial charge on any atom is -0.496 e. The minimum atomic E-state index is -2.40. The second-order valence-electron chi connectivity index (χ2n) is 13.4. The van der Waals surface area contributed by atoms with E-state index < -0.39 is 108 Å². The number of hydrogen-bond donors (Lipinski definition) is 0. The van der Waals surface area contributed by atoms with Crippen LogP contribution >= 0.6 is 0 Å². The van der Waals surface area contributed by atoms with Gasteiger partial charge in [-0.3, -0.25) is 9.59 Å². The zero-order valence-corrected chi connectivity index (χ0v) is 26.9. The van der Waals surface area contributed by atoms with Gasteiger partial charge in [0.2, 0.25) is 0 Å². The Morgan fingerprint density at radius 1 is 0.822 bits per heavy atom. The highest BCUT2D eigenvalue weighted by Crippen LogP contribution is 2.45. The van der Waals surface area contributed by atoms with Crippen molar-refractivity contribution in [3.8, 4) is 0 Å². The molecular weight excluding hydrogens is 604 g/mol. The third-order valence-electron chi connectivity index (χ3n) is 6.14. The van der Waals surface area contributed by atoms with Gasteiger partial charge in [-0.1, -0.05) is 0 Å². The van der Waals surface area contributed by atoms with Crippen molar-refractivity contribution in [1.82, 2.24) is 0 Å². The molecule has 6 atom stereocenters. The average Bonchev–Trinajstić information content (AvgIpc) is 2.83. The van der Waals surface area contributed by atoms with Gasteiger partial charge < -0.3 is 47.4 Å². The van der Waals surface area contributed by atoms with Crippen LogP contribution in [0.2, 0.25) is 0 Å². The molecule has 16 nitrogen and oxygen atoms in total. The van der Waals surface area contributed by atoms with E-state index in [2.05, 4.69) is 0 Å². The zero-order chi connectivity index (χ0) is 34.1. The Kier molecular flexibility index (Phi) is 10.0. The molecule has 0 aromatic carbocycles. The third-order valence-corrected chi connectivity index (χ3v) is 6.14. The summed E-state index contributed by atoms with van der Waals surface area (Å²) in [5.41, 5.74) is -5.44. The Morgan fingerprint density at radius 2 is 1.33 bits per heavy atom. The van der Waals surface area contributed by atoms with Gasteiger partial charge in [-0.05, 0) is 62.3 Å². The summed E-state index contributed by atoms with van der Waals surface area (Å²) < 4.78 is 54.3. The number of carbonyl (C=O) groups excluding carboxylic acids is 6. The van der Waals surface area contributed by atoms with Gasteiger partial charge in [0, 0.05) is 6.08 Å². The first-order valence-corrected chi connectivity index (χ1v) is 14.1. The number of rotatable bonds is 5. The highest BCUT2D eigenvalue weighted by atomic mass is 16.8. The van der Waals surface area contributed by atoms with Crippen molar-refractivity contribution < 1.29 is 76.1 Å². The number of allylic oxidation sites excluding steroid dienone is 1. The number of hydrogen-bond acceptors (Lipinski definition) is 16. The van der Waals surface area contributed by atoms with Gasteiger partial charge in [0.1, 0.15) is 29.5 Å². The van der Waals surface area contributed by atoms with E-state index in [0.29, 0.717) is 0 Å². The van der Waals surface area contributed by atoms with Crippen molar-refractivity contribution in [2.24, 2.45) is 0 Å². The van der Waals surface area contributed by atoms with E-state index in [0.717, 1.165) is 13.2 Å². The highest BCUT2D eigenvalue weighted by Gasteiger charge is 2.69. The quantitative estimate of drug-likeness (QED) is 0.238. The highest BCUT2D eigenvalue weighted by molar-refractivity contribution is 6.13. The first-order chi connectivity index (χ1) is 20.5. The van der Waals surface area contributed by atoms with Crippen LogP contribution in [0.4, 0.5) is 19.2 Å². The summed E-state index contributed by atoms with van der Waals surface area (Å²) in [5, 5.41) is 0. The lowest BCUT2D eigenvalue weighted by atomic mass is 9.76. The number of fused-ring (bicyclic) bond motifs is 2. The van der Waals surface area contributed by atoms with Crippen LogP contribution in [0.15, 0.2) is 11.8 Å². The Bertz CT molecular complexity index is 1230. The molecule has 0 aromatic heterocycles. The normalized spacial score (nSPS) is 28.4. The standard InChI is InChI=1S/C29H40O16/c1-26(2,3)42-22(32)37-13-15-18(39-23(33)43-27(4,5)6)19(40-24(34)44-28(7,8)9)20-21(38-15)29(45-25(35)41-20)16(31)11-14(30)12-17(29)36-10/h12,15,18-21H,11,13H2,1-10H3/t15-,18+,19?,20?,21+,29+/m0/s1. The average molecular weight is 645 g/mol. The van der Waals surface area contributed by atoms with Crippen molar-refractivity contribution in [2.45, 2.75) is 122 Å². The Hall–Kier alpha value is -4.08. The summed E-state index contributed by atoms with van der Waals surface area (Å²) in [4.78, 5) is 77.1. The first-order valence-electron chi connectivity index (χ1n) is 14.1. The molecular formula is C29H40O16. The second kappa shape index (κ2) is 12.7. The van der Waals surface area contributed by atoms with Crippen LogP contribution in [0.3, 0.4) is 0 Å². The molecule has 1 spiro atoms. The van der Waals surface area contributed by atoms with Crippen LogP contribution in [0.25, 0.3) is 0 Å².